The lowest BCUT2D eigenvalue weighted by Gasteiger charge is -2.20. The molecule has 1 unspecified atom stereocenters. The Kier molecular flexibility index (Phi) is 2.44. The Morgan fingerprint density at radius 3 is 3.00 bits per heavy atom. The lowest BCUT2D eigenvalue weighted by atomic mass is 10.0. The maximum absolute atomic E-state index is 11.5. The molecule has 4 nitrogen and oxygen atoms in total. The van der Waals surface area contributed by atoms with Crippen molar-refractivity contribution in [2.24, 2.45) is 12.1 Å². The highest BCUT2D eigenvalue weighted by Crippen LogP contribution is 2.30. The summed E-state index contributed by atoms with van der Waals surface area (Å²) in [6.45, 7) is 1.55. The molecule has 1 amide bonds. The van der Waals surface area contributed by atoms with Crippen LogP contribution in [0.25, 0.3) is 10.9 Å². The largest absolute Gasteiger partial charge is 0.351 e. The van der Waals surface area contributed by atoms with Gasteiger partial charge in [0, 0.05) is 38.3 Å². The van der Waals surface area contributed by atoms with Crippen LogP contribution in [0.3, 0.4) is 0 Å². The number of rotatable bonds is 1. The minimum absolute atomic E-state index is 0.0121. The van der Waals surface area contributed by atoms with Crippen molar-refractivity contribution in [3.05, 3.63) is 36.0 Å². The fraction of sp³-hybridized carbons (Fsp3) is 0.286. The molecule has 1 aromatic heterocycles. The Bertz CT molecular complexity index is 642. The molecule has 92 valence electrons. The summed E-state index contributed by atoms with van der Waals surface area (Å²) in [5.41, 5.74) is 2.34. The highest BCUT2D eigenvalue weighted by Gasteiger charge is 2.25. The molecule has 0 spiro atoms. The lowest BCUT2D eigenvalue weighted by molar-refractivity contribution is -0.130. The minimum atomic E-state index is -0.0121. The Labute approximate surface area is 106 Å². The quantitative estimate of drug-likeness (QED) is 0.755. The molecule has 0 radical (unpaired) electrons. The van der Waals surface area contributed by atoms with Crippen LogP contribution >= 0.6 is 0 Å². The van der Waals surface area contributed by atoms with Gasteiger partial charge in [-0.3, -0.25) is 4.79 Å². The van der Waals surface area contributed by atoms with Crippen LogP contribution in [0.15, 0.2) is 35.6 Å². The third kappa shape index (κ3) is 1.61. The SMILES string of the molecule is CC(=O)N1N=CCC1c1ccc2c(ccn2C)c1. The molecule has 0 saturated heterocycles. The van der Waals surface area contributed by atoms with Gasteiger partial charge in [-0.1, -0.05) is 6.07 Å². The molecule has 1 atom stereocenters. The lowest BCUT2D eigenvalue weighted by Crippen LogP contribution is -2.24. The number of carbonyl (C=O) groups excluding carboxylic acids is 1. The molecule has 18 heavy (non-hydrogen) atoms. The van der Waals surface area contributed by atoms with Gasteiger partial charge < -0.3 is 4.57 Å². The Morgan fingerprint density at radius 2 is 2.22 bits per heavy atom. The van der Waals surface area contributed by atoms with E-state index in [-0.39, 0.29) is 11.9 Å². The van der Waals surface area contributed by atoms with E-state index in [0.717, 1.165) is 12.0 Å². The van der Waals surface area contributed by atoms with E-state index in [2.05, 4.69) is 33.9 Å². The van der Waals surface area contributed by atoms with Crippen molar-refractivity contribution in [1.29, 1.82) is 0 Å². The van der Waals surface area contributed by atoms with Gasteiger partial charge in [0.25, 0.3) is 0 Å². The van der Waals surface area contributed by atoms with E-state index in [1.807, 2.05) is 13.2 Å². The van der Waals surface area contributed by atoms with Gasteiger partial charge in [0.1, 0.15) is 0 Å². The van der Waals surface area contributed by atoms with Crippen LogP contribution in [0.2, 0.25) is 0 Å². The number of nitrogens with zero attached hydrogens (tertiary/aromatic N) is 3. The number of hydrogen-bond donors (Lipinski definition) is 0. The number of amides is 1. The first kappa shape index (κ1) is 11.0. The Hall–Kier alpha value is -2.10. The number of hydrazone groups is 1. The van der Waals surface area contributed by atoms with Gasteiger partial charge in [-0.2, -0.15) is 5.10 Å². The van der Waals surface area contributed by atoms with Gasteiger partial charge in [-0.25, -0.2) is 5.01 Å². The molecule has 1 aromatic carbocycles. The summed E-state index contributed by atoms with van der Waals surface area (Å²) in [5.74, 6) is -0.0121. The van der Waals surface area contributed by atoms with Gasteiger partial charge in [-0.05, 0) is 29.1 Å². The molecular formula is C14H15N3O. The standard InChI is InChI=1S/C14H15N3O/c1-10(18)17-14(5-7-15-17)11-3-4-13-12(9-11)6-8-16(13)2/h3-4,6-9,14H,5H2,1-2H3. The highest BCUT2D eigenvalue weighted by molar-refractivity contribution is 5.82. The third-order valence-electron chi connectivity index (χ3n) is 3.45. The van der Waals surface area contributed by atoms with E-state index >= 15 is 0 Å². The maximum atomic E-state index is 11.5. The predicted octanol–water partition coefficient (Wildman–Crippen LogP) is 2.46. The van der Waals surface area contributed by atoms with Crippen LogP contribution in [0, 0.1) is 0 Å². The van der Waals surface area contributed by atoms with Crippen molar-refractivity contribution in [3.63, 3.8) is 0 Å². The zero-order valence-corrected chi connectivity index (χ0v) is 10.5. The molecule has 3 rings (SSSR count). The second-order valence-corrected chi connectivity index (χ2v) is 4.66. The van der Waals surface area contributed by atoms with Crippen molar-refractivity contribution in [2.45, 2.75) is 19.4 Å². The number of aromatic nitrogens is 1. The first-order valence-electron chi connectivity index (χ1n) is 6.04. The molecule has 0 aliphatic carbocycles. The maximum Gasteiger partial charge on any atom is 0.240 e. The average Bonchev–Trinajstić information content (AvgIpc) is 2.96. The number of fused-ring (bicyclic) bond motifs is 1. The second-order valence-electron chi connectivity index (χ2n) is 4.66. The second kappa shape index (κ2) is 3.98. The first-order chi connectivity index (χ1) is 8.66. The van der Waals surface area contributed by atoms with E-state index in [9.17, 15) is 4.79 Å². The number of carbonyl (C=O) groups is 1. The van der Waals surface area contributed by atoms with E-state index in [1.54, 1.807) is 18.1 Å². The Balaban J connectivity index is 2.02. The van der Waals surface area contributed by atoms with Crippen LogP contribution in [-0.4, -0.2) is 21.7 Å². The van der Waals surface area contributed by atoms with Crippen LogP contribution in [0.1, 0.15) is 24.9 Å². The van der Waals surface area contributed by atoms with E-state index in [4.69, 9.17) is 0 Å². The van der Waals surface area contributed by atoms with E-state index in [0.29, 0.717) is 0 Å². The van der Waals surface area contributed by atoms with E-state index in [1.165, 1.54) is 10.9 Å². The summed E-state index contributed by atoms with van der Waals surface area (Å²) in [7, 11) is 2.03. The molecule has 0 fully saturated rings. The number of aryl methyl sites for hydroxylation is 1. The van der Waals surface area contributed by atoms with Gasteiger partial charge in [-0.15, -0.1) is 0 Å². The van der Waals surface area contributed by atoms with E-state index < -0.39 is 0 Å². The molecular weight excluding hydrogens is 226 g/mol. The molecule has 0 bridgehead atoms. The minimum Gasteiger partial charge on any atom is -0.351 e. The van der Waals surface area contributed by atoms with Gasteiger partial charge in [0.2, 0.25) is 5.91 Å². The van der Waals surface area contributed by atoms with Crippen molar-refractivity contribution < 1.29 is 4.79 Å². The zero-order valence-electron chi connectivity index (χ0n) is 10.5. The molecule has 2 heterocycles. The van der Waals surface area contributed by atoms with Crippen molar-refractivity contribution >= 4 is 23.0 Å². The fourth-order valence-electron chi connectivity index (χ4n) is 2.50. The molecule has 4 heteroatoms. The van der Waals surface area contributed by atoms with Gasteiger partial charge >= 0.3 is 0 Å². The van der Waals surface area contributed by atoms with Crippen LogP contribution < -0.4 is 0 Å². The molecule has 0 N–H and O–H groups in total. The fourth-order valence-corrected chi connectivity index (χ4v) is 2.50. The van der Waals surface area contributed by atoms with Gasteiger partial charge in [0.05, 0.1) is 6.04 Å². The normalized spacial score (nSPS) is 18.8. The molecule has 1 aliphatic heterocycles. The highest BCUT2D eigenvalue weighted by atomic mass is 16.2. The third-order valence-corrected chi connectivity index (χ3v) is 3.45. The summed E-state index contributed by atoms with van der Waals surface area (Å²) >= 11 is 0. The molecule has 1 aliphatic rings. The summed E-state index contributed by atoms with van der Waals surface area (Å²) in [4.78, 5) is 11.5. The first-order valence-corrected chi connectivity index (χ1v) is 6.04. The topological polar surface area (TPSA) is 37.6 Å². The molecule has 0 saturated carbocycles. The average molecular weight is 241 g/mol. The number of benzene rings is 1. The summed E-state index contributed by atoms with van der Waals surface area (Å²) < 4.78 is 2.09. The van der Waals surface area contributed by atoms with Crippen molar-refractivity contribution in [3.8, 4) is 0 Å². The summed E-state index contributed by atoms with van der Waals surface area (Å²) in [6.07, 6.45) is 4.64. The van der Waals surface area contributed by atoms with Crippen LogP contribution in [0.5, 0.6) is 0 Å². The zero-order chi connectivity index (χ0) is 12.7. The Morgan fingerprint density at radius 1 is 1.39 bits per heavy atom. The summed E-state index contributed by atoms with van der Waals surface area (Å²) in [6, 6.07) is 8.46. The monoisotopic (exact) mass is 241 g/mol. The smallest absolute Gasteiger partial charge is 0.240 e. The summed E-state index contributed by atoms with van der Waals surface area (Å²) in [5, 5.41) is 6.89. The molecule has 2 aromatic rings. The van der Waals surface area contributed by atoms with Crippen LogP contribution in [0.4, 0.5) is 0 Å². The predicted molar refractivity (Wildman–Crippen MR) is 71.3 cm³/mol. The van der Waals surface area contributed by atoms with Crippen molar-refractivity contribution in [2.75, 3.05) is 0 Å². The van der Waals surface area contributed by atoms with Gasteiger partial charge in [0.15, 0.2) is 0 Å². The number of hydrogen-bond acceptors (Lipinski definition) is 2. The van der Waals surface area contributed by atoms with Crippen LogP contribution in [-0.2, 0) is 11.8 Å². The van der Waals surface area contributed by atoms with Crippen molar-refractivity contribution in [1.82, 2.24) is 9.58 Å².